The number of likely N-dealkylation sites (N-methyl/N-ethyl adjacent to an activating group) is 1. The number of thioether (sulfide) groups is 1. The Morgan fingerprint density at radius 3 is 2.81 bits per heavy atom. The summed E-state index contributed by atoms with van der Waals surface area (Å²) in [6.07, 6.45) is 3.98. The van der Waals surface area contributed by atoms with Crippen molar-refractivity contribution in [2.24, 2.45) is 4.99 Å². The van der Waals surface area contributed by atoms with Crippen molar-refractivity contribution in [3.8, 4) is 5.75 Å². The zero-order valence-electron chi connectivity index (χ0n) is 15.3. The third-order valence-corrected chi connectivity index (χ3v) is 5.37. The number of hydrogen-bond acceptors (Lipinski definition) is 4. The highest BCUT2D eigenvalue weighted by Gasteiger charge is 2.30. The Kier molecular flexibility index (Phi) is 6.58. The van der Waals surface area contributed by atoms with E-state index in [2.05, 4.69) is 11.9 Å². The molecule has 1 amide bonds. The summed E-state index contributed by atoms with van der Waals surface area (Å²) < 4.78 is 5.74. The van der Waals surface area contributed by atoms with Crippen molar-refractivity contribution in [3.05, 3.63) is 64.0 Å². The lowest BCUT2D eigenvalue weighted by molar-refractivity contribution is -0.121. The van der Waals surface area contributed by atoms with Crippen LogP contribution in [0.1, 0.15) is 25.3 Å². The standard InChI is InChI=1S/C21H21ClN2O2S/c1-3-4-12-26-16-9-7-8-15(13-16)14-19-20(25)24(2)21(27-19)23-18-11-6-5-10-17(18)22/h5-11,13-14H,3-4,12H2,1-2H3/b19-14+,23-21?. The van der Waals surface area contributed by atoms with Gasteiger partial charge in [0.15, 0.2) is 5.17 Å². The van der Waals surface area contributed by atoms with Crippen molar-refractivity contribution in [1.82, 2.24) is 4.90 Å². The Morgan fingerprint density at radius 1 is 1.22 bits per heavy atom. The van der Waals surface area contributed by atoms with Crippen molar-refractivity contribution in [2.45, 2.75) is 19.8 Å². The van der Waals surface area contributed by atoms with Crippen molar-refractivity contribution in [2.75, 3.05) is 13.7 Å². The molecule has 1 aliphatic heterocycles. The van der Waals surface area contributed by atoms with Gasteiger partial charge >= 0.3 is 0 Å². The summed E-state index contributed by atoms with van der Waals surface area (Å²) in [5, 5.41) is 1.16. The number of para-hydroxylation sites is 1. The molecule has 0 atom stereocenters. The molecule has 0 radical (unpaired) electrons. The van der Waals surface area contributed by atoms with E-state index in [0.717, 1.165) is 24.2 Å². The Hall–Kier alpha value is -2.24. The summed E-state index contributed by atoms with van der Waals surface area (Å²) in [4.78, 5) is 19.3. The fraction of sp³-hybridized carbons (Fsp3) is 0.238. The lowest BCUT2D eigenvalue weighted by Crippen LogP contribution is -2.23. The fourth-order valence-corrected chi connectivity index (χ4v) is 3.63. The molecule has 0 aliphatic carbocycles. The minimum absolute atomic E-state index is 0.0805. The second-order valence-corrected chi connectivity index (χ2v) is 7.51. The van der Waals surface area contributed by atoms with Crippen LogP contribution in [0.2, 0.25) is 5.02 Å². The molecule has 1 saturated heterocycles. The van der Waals surface area contributed by atoms with Gasteiger partial charge in [0.05, 0.1) is 22.2 Å². The van der Waals surface area contributed by atoms with Gasteiger partial charge in [0, 0.05) is 7.05 Å². The first-order chi connectivity index (χ1) is 13.1. The van der Waals surface area contributed by atoms with Crippen LogP contribution >= 0.6 is 23.4 Å². The number of amidine groups is 1. The van der Waals surface area contributed by atoms with Crippen LogP contribution in [0.3, 0.4) is 0 Å². The summed E-state index contributed by atoms with van der Waals surface area (Å²) in [6.45, 7) is 2.83. The van der Waals surface area contributed by atoms with Gasteiger partial charge in [0.2, 0.25) is 0 Å². The number of halogens is 1. The molecule has 1 fully saturated rings. The van der Waals surface area contributed by atoms with Crippen LogP contribution in [-0.2, 0) is 4.79 Å². The first-order valence-corrected chi connectivity index (χ1v) is 10.0. The molecule has 3 rings (SSSR count). The van der Waals surface area contributed by atoms with Crippen molar-refractivity contribution < 1.29 is 9.53 Å². The number of amides is 1. The summed E-state index contributed by atoms with van der Waals surface area (Å²) in [6, 6.07) is 15.1. The predicted molar refractivity (Wildman–Crippen MR) is 114 cm³/mol. The highest BCUT2D eigenvalue weighted by Crippen LogP contribution is 2.35. The van der Waals surface area contributed by atoms with Crippen LogP contribution in [0.15, 0.2) is 58.4 Å². The van der Waals surface area contributed by atoms with E-state index in [4.69, 9.17) is 16.3 Å². The van der Waals surface area contributed by atoms with Gasteiger partial charge in [0.25, 0.3) is 5.91 Å². The van der Waals surface area contributed by atoms with Gasteiger partial charge in [0.1, 0.15) is 5.75 Å². The van der Waals surface area contributed by atoms with Gasteiger partial charge in [-0.25, -0.2) is 4.99 Å². The molecule has 0 unspecified atom stereocenters. The average molecular weight is 401 g/mol. The van der Waals surface area contributed by atoms with Gasteiger partial charge in [-0.15, -0.1) is 0 Å². The summed E-state index contributed by atoms with van der Waals surface area (Å²) in [5.41, 5.74) is 1.57. The number of rotatable bonds is 6. The maximum Gasteiger partial charge on any atom is 0.266 e. The fourth-order valence-electron chi connectivity index (χ4n) is 2.48. The van der Waals surface area contributed by atoms with Crippen molar-refractivity contribution in [1.29, 1.82) is 0 Å². The van der Waals surface area contributed by atoms with Gasteiger partial charge in [-0.3, -0.25) is 9.69 Å². The van der Waals surface area contributed by atoms with Crippen molar-refractivity contribution >= 4 is 46.2 Å². The Labute approximate surface area is 168 Å². The molecule has 27 heavy (non-hydrogen) atoms. The molecular formula is C21H21ClN2O2S. The maximum atomic E-state index is 12.6. The monoisotopic (exact) mass is 400 g/mol. The number of hydrogen-bond donors (Lipinski definition) is 0. The number of benzene rings is 2. The topological polar surface area (TPSA) is 41.9 Å². The quantitative estimate of drug-likeness (QED) is 0.457. The summed E-state index contributed by atoms with van der Waals surface area (Å²) >= 11 is 7.51. The van der Waals surface area contributed by atoms with Crippen LogP contribution in [-0.4, -0.2) is 29.6 Å². The highest BCUT2D eigenvalue weighted by molar-refractivity contribution is 8.18. The first-order valence-electron chi connectivity index (χ1n) is 8.82. The number of ether oxygens (including phenoxy) is 1. The highest BCUT2D eigenvalue weighted by atomic mass is 35.5. The summed E-state index contributed by atoms with van der Waals surface area (Å²) in [5.74, 6) is 0.731. The zero-order chi connectivity index (χ0) is 19.2. The molecule has 1 heterocycles. The molecule has 2 aromatic carbocycles. The molecular weight excluding hydrogens is 380 g/mol. The zero-order valence-corrected chi connectivity index (χ0v) is 16.9. The Morgan fingerprint density at radius 2 is 2.04 bits per heavy atom. The number of nitrogens with zero attached hydrogens (tertiary/aromatic N) is 2. The molecule has 2 aromatic rings. The van der Waals surface area contributed by atoms with Crippen LogP contribution in [0.25, 0.3) is 6.08 Å². The van der Waals surface area contributed by atoms with E-state index < -0.39 is 0 Å². The number of aliphatic imine (C=N–C) groups is 1. The maximum absolute atomic E-state index is 12.6. The van der Waals surface area contributed by atoms with Crippen LogP contribution in [0.5, 0.6) is 5.75 Å². The molecule has 0 saturated carbocycles. The number of carbonyl (C=O) groups is 1. The van der Waals surface area contributed by atoms with Gasteiger partial charge in [-0.1, -0.05) is 49.2 Å². The largest absolute Gasteiger partial charge is 0.494 e. The van der Waals surface area contributed by atoms with Gasteiger partial charge < -0.3 is 4.74 Å². The third kappa shape index (κ3) is 4.93. The van der Waals surface area contributed by atoms with E-state index in [1.165, 1.54) is 11.8 Å². The minimum atomic E-state index is -0.0805. The van der Waals surface area contributed by atoms with Gasteiger partial charge in [-0.05, 0) is 54.1 Å². The Balaban J connectivity index is 1.80. The van der Waals surface area contributed by atoms with Gasteiger partial charge in [-0.2, -0.15) is 0 Å². The predicted octanol–water partition coefficient (Wildman–Crippen LogP) is 5.75. The number of carbonyl (C=O) groups excluding carboxylic acids is 1. The molecule has 4 nitrogen and oxygen atoms in total. The average Bonchev–Trinajstić information content (AvgIpc) is 2.92. The van der Waals surface area contributed by atoms with E-state index in [1.807, 2.05) is 48.5 Å². The normalized spacial score (nSPS) is 17.1. The van der Waals surface area contributed by atoms with Crippen molar-refractivity contribution in [3.63, 3.8) is 0 Å². The molecule has 140 valence electrons. The third-order valence-electron chi connectivity index (χ3n) is 3.99. The van der Waals surface area contributed by atoms with E-state index in [9.17, 15) is 4.79 Å². The van der Waals surface area contributed by atoms with E-state index >= 15 is 0 Å². The SMILES string of the molecule is CCCCOc1cccc(/C=C2/SC(=Nc3ccccc3Cl)N(C)C2=O)c1. The van der Waals surface area contributed by atoms with E-state index in [-0.39, 0.29) is 5.91 Å². The molecule has 1 aliphatic rings. The van der Waals surface area contributed by atoms with Crippen LogP contribution in [0.4, 0.5) is 5.69 Å². The van der Waals surface area contributed by atoms with E-state index in [0.29, 0.717) is 27.4 Å². The molecule has 0 N–H and O–H groups in total. The van der Waals surface area contributed by atoms with Crippen LogP contribution in [0, 0.1) is 0 Å². The lowest BCUT2D eigenvalue weighted by Gasteiger charge is -2.07. The first kappa shape index (κ1) is 19.5. The minimum Gasteiger partial charge on any atom is -0.494 e. The smallest absolute Gasteiger partial charge is 0.266 e. The second kappa shape index (κ2) is 9.11. The molecule has 0 spiro atoms. The lowest BCUT2D eigenvalue weighted by atomic mass is 10.2. The summed E-state index contributed by atoms with van der Waals surface area (Å²) in [7, 11) is 1.72. The van der Waals surface area contributed by atoms with Crippen LogP contribution < -0.4 is 4.74 Å². The molecule has 6 heteroatoms. The molecule has 0 bridgehead atoms. The number of unbranched alkanes of at least 4 members (excludes halogenated alkanes) is 1. The Bertz CT molecular complexity index is 895. The molecule has 0 aromatic heterocycles. The second-order valence-electron chi connectivity index (χ2n) is 6.10. The van der Waals surface area contributed by atoms with E-state index in [1.54, 1.807) is 18.0 Å².